The van der Waals surface area contributed by atoms with E-state index >= 15 is 0 Å². The summed E-state index contributed by atoms with van der Waals surface area (Å²) >= 11 is 0. The summed E-state index contributed by atoms with van der Waals surface area (Å²) in [4.78, 5) is 4.18. The third-order valence-electron chi connectivity index (χ3n) is 4.38. The second-order valence-electron chi connectivity index (χ2n) is 5.86. The van der Waals surface area contributed by atoms with E-state index in [9.17, 15) is 4.39 Å². The van der Waals surface area contributed by atoms with Crippen LogP contribution in [0.15, 0.2) is 18.3 Å². The fourth-order valence-corrected chi connectivity index (χ4v) is 2.82. The van der Waals surface area contributed by atoms with Gasteiger partial charge in [-0.15, -0.1) is 0 Å². The topological polar surface area (TPSA) is 34.1 Å². The van der Waals surface area contributed by atoms with Gasteiger partial charge in [-0.1, -0.05) is 20.8 Å². The van der Waals surface area contributed by atoms with Gasteiger partial charge in [0.1, 0.15) is 5.82 Å². The second kappa shape index (κ2) is 5.55. The average Bonchev–Trinajstić information content (AvgIpc) is 2.39. The third-order valence-corrected chi connectivity index (χ3v) is 4.38. The minimum atomic E-state index is -0.290. The summed E-state index contributed by atoms with van der Waals surface area (Å²) in [6.07, 6.45) is 3.54. The van der Waals surface area contributed by atoms with Gasteiger partial charge in [-0.3, -0.25) is 4.98 Å². The summed E-state index contributed by atoms with van der Waals surface area (Å²) in [6.45, 7) is 6.54. The highest BCUT2D eigenvalue weighted by atomic mass is 19.1. The van der Waals surface area contributed by atoms with Gasteiger partial charge in [0.15, 0.2) is 0 Å². The molecule has 1 heterocycles. The molecule has 0 aliphatic heterocycles. The molecule has 0 aromatic carbocycles. The van der Waals surface area contributed by atoms with Crippen LogP contribution in [0.5, 0.6) is 0 Å². The number of hydrogen-bond acceptors (Lipinski definition) is 3. The number of pyridine rings is 1. The third kappa shape index (κ3) is 2.79. The van der Waals surface area contributed by atoms with Gasteiger partial charge in [0.2, 0.25) is 0 Å². The number of hydrogen-bond donors (Lipinski definition) is 1. The first-order valence-corrected chi connectivity index (χ1v) is 6.89. The van der Waals surface area contributed by atoms with Gasteiger partial charge >= 0.3 is 0 Å². The molecule has 1 fully saturated rings. The van der Waals surface area contributed by atoms with Crippen molar-refractivity contribution in [3.8, 4) is 0 Å². The standard InChI is InChI=1S/C15H23FN2O/c1-5-11(12-7-6-10(16)9-17-12)18-13-8-14(19-4)15(13,2)3/h6-7,9,11,13-14,18H,5,8H2,1-4H3. The summed E-state index contributed by atoms with van der Waals surface area (Å²) in [5.74, 6) is -0.290. The van der Waals surface area contributed by atoms with E-state index in [2.05, 4.69) is 31.1 Å². The molecule has 19 heavy (non-hydrogen) atoms. The minimum absolute atomic E-state index is 0.127. The van der Waals surface area contributed by atoms with Crippen LogP contribution in [0.3, 0.4) is 0 Å². The lowest BCUT2D eigenvalue weighted by molar-refractivity contribution is -0.101. The van der Waals surface area contributed by atoms with Crippen molar-refractivity contribution in [1.82, 2.24) is 10.3 Å². The average molecular weight is 266 g/mol. The number of aromatic nitrogens is 1. The quantitative estimate of drug-likeness (QED) is 0.889. The van der Waals surface area contributed by atoms with E-state index in [1.807, 2.05) is 0 Å². The largest absolute Gasteiger partial charge is 0.381 e. The SMILES string of the molecule is CCC(NC1CC(OC)C1(C)C)c1ccc(F)cn1. The molecule has 1 aliphatic carbocycles. The number of nitrogens with zero attached hydrogens (tertiary/aromatic N) is 1. The van der Waals surface area contributed by atoms with Crippen molar-refractivity contribution in [1.29, 1.82) is 0 Å². The first-order chi connectivity index (χ1) is 8.98. The molecule has 0 bridgehead atoms. The first-order valence-electron chi connectivity index (χ1n) is 6.89. The zero-order valence-electron chi connectivity index (χ0n) is 12.1. The maximum absolute atomic E-state index is 12.9. The van der Waals surface area contributed by atoms with Crippen LogP contribution in [0.4, 0.5) is 4.39 Å². The van der Waals surface area contributed by atoms with Crippen molar-refractivity contribution in [3.63, 3.8) is 0 Å². The number of methoxy groups -OCH3 is 1. The molecular weight excluding hydrogens is 243 g/mol. The summed E-state index contributed by atoms with van der Waals surface area (Å²) in [5.41, 5.74) is 1.03. The molecule has 1 aromatic heterocycles. The van der Waals surface area contributed by atoms with Gasteiger partial charge < -0.3 is 10.1 Å². The molecule has 106 valence electrons. The van der Waals surface area contributed by atoms with Crippen LogP contribution in [-0.2, 0) is 4.74 Å². The van der Waals surface area contributed by atoms with Crippen LogP contribution in [0.25, 0.3) is 0 Å². The van der Waals surface area contributed by atoms with Gasteiger partial charge in [0.05, 0.1) is 18.0 Å². The van der Waals surface area contributed by atoms with E-state index in [0.29, 0.717) is 12.1 Å². The molecule has 1 aromatic rings. The zero-order valence-corrected chi connectivity index (χ0v) is 12.1. The van der Waals surface area contributed by atoms with Gasteiger partial charge in [-0.2, -0.15) is 0 Å². The Morgan fingerprint density at radius 2 is 2.26 bits per heavy atom. The predicted molar refractivity (Wildman–Crippen MR) is 73.3 cm³/mol. The van der Waals surface area contributed by atoms with Crippen LogP contribution in [-0.4, -0.2) is 24.2 Å². The predicted octanol–water partition coefficient (Wildman–Crippen LogP) is 3.07. The molecule has 0 amide bonds. The number of nitrogens with one attached hydrogen (secondary N) is 1. The summed E-state index contributed by atoms with van der Waals surface area (Å²) in [6, 6.07) is 3.81. The Morgan fingerprint density at radius 1 is 1.53 bits per heavy atom. The smallest absolute Gasteiger partial charge is 0.141 e. The Bertz CT molecular complexity index is 419. The highest BCUT2D eigenvalue weighted by molar-refractivity contribution is 5.12. The molecule has 0 spiro atoms. The number of halogens is 1. The minimum Gasteiger partial charge on any atom is -0.381 e. The lowest BCUT2D eigenvalue weighted by atomic mass is 9.64. The molecule has 0 radical (unpaired) electrons. The zero-order chi connectivity index (χ0) is 14.0. The lowest BCUT2D eigenvalue weighted by Crippen LogP contribution is -2.61. The second-order valence-corrected chi connectivity index (χ2v) is 5.86. The van der Waals surface area contributed by atoms with E-state index in [-0.39, 0.29) is 17.3 Å². The van der Waals surface area contributed by atoms with Crippen molar-refractivity contribution in [2.24, 2.45) is 5.41 Å². The molecule has 1 N–H and O–H groups in total. The van der Waals surface area contributed by atoms with Crippen molar-refractivity contribution in [2.45, 2.75) is 51.8 Å². The molecular formula is C15H23FN2O. The normalized spacial score (nSPS) is 26.8. The van der Waals surface area contributed by atoms with E-state index in [0.717, 1.165) is 18.5 Å². The van der Waals surface area contributed by atoms with Crippen LogP contribution < -0.4 is 5.32 Å². The maximum Gasteiger partial charge on any atom is 0.141 e. The van der Waals surface area contributed by atoms with Crippen molar-refractivity contribution < 1.29 is 9.13 Å². The Labute approximate surface area is 114 Å². The van der Waals surface area contributed by atoms with Crippen LogP contribution in [0.1, 0.15) is 45.3 Å². The van der Waals surface area contributed by atoms with Crippen molar-refractivity contribution in [3.05, 3.63) is 29.8 Å². The summed E-state index contributed by atoms with van der Waals surface area (Å²) < 4.78 is 18.4. The van der Waals surface area contributed by atoms with E-state index in [4.69, 9.17) is 4.74 Å². The highest BCUT2D eigenvalue weighted by Crippen LogP contribution is 2.43. The van der Waals surface area contributed by atoms with E-state index < -0.39 is 0 Å². The van der Waals surface area contributed by atoms with Gasteiger partial charge in [-0.05, 0) is 25.0 Å². The Morgan fingerprint density at radius 3 is 2.74 bits per heavy atom. The molecule has 2 rings (SSSR count). The summed E-state index contributed by atoms with van der Waals surface area (Å²) in [5, 5.41) is 3.63. The van der Waals surface area contributed by atoms with E-state index in [1.165, 1.54) is 12.3 Å². The fraction of sp³-hybridized carbons (Fsp3) is 0.667. The van der Waals surface area contributed by atoms with Crippen LogP contribution in [0, 0.1) is 11.2 Å². The molecule has 0 saturated heterocycles. The fourth-order valence-electron chi connectivity index (χ4n) is 2.82. The molecule has 3 unspecified atom stereocenters. The molecule has 3 nitrogen and oxygen atoms in total. The van der Waals surface area contributed by atoms with Gasteiger partial charge in [0, 0.05) is 24.6 Å². The maximum atomic E-state index is 12.9. The first kappa shape index (κ1) is 14.4. The lowest BCUT2D eigenvalue weighted by Gasteiger charge is -2.52. The number of ether oxygens (including phenoxy) is 1. The molecule has 1 saturated carbocycles. The summed E-state index contributed by atoms with van der Waals surface area (Å²) in [7, 11) is 1.77. The molecule has 4 heteroatoms. The Hall–Kier alpha value is -1.00. The molecule has 3 atom stereocenters. The molecule has 1 aliphatic rings. The monoisotopic (exact) mass is 266 g/mol. The van der Waals surface area contributed by atoms with Crippen LogP contribution >= 0.6 is 0 Å². The van der Waals surface area contributed by atoms with Gasteiger partial charge in [0.25, 0.3) is 0 Å². The van der Waals surface area contributed by atoms with Crippen molar-refractivity contribution >= 4 is 0 Å². The highest BCUT2D eigenvalue weighted by Gasteiger charge is 2.48. The van der Waals surface area contributed by atoms with Crippen LogP contribution in [0.2, 0.25) is 0 Å². The number of rotatable bonds is 5. The Balaban J connectivity index is 2.03. The van der Waals surface area contributed by atoms with E-state index in [1.54, 1.807) is 13.2 Å². The van der Waals surface area contributed by atoms with Gasteiger partial charge in [-0.25, -0.2) is 4.39 Å². The van der Waals surface area contributed by atoms with Crippen molar-refractivity contribution in [2.75, 3.05) is 7.11 Å². The Kier molecular flexibility index (Phi) is 4.21.